The number of ketones is 1. The number of hydrogen-bond donors (Lipinski definition) is 0. The number of rotatable bonds is 11. The molecule has 2 fully saturated rings. The van der Waals surface area contributed by atoms with E-state index in [-0.39, 0.29) is 35.4 Å². The SMILES string of the molecule is CC[Si](CC)(CC)O[C@@H]1CC[C@H](OCc2ccccc2)[C@@](C)(C(C)=O)[C@@H]1[C@@H]1O[C@@H](c2ccccc2)O[C@]12CCC(C)=C(I)C2(C)C. The highest BCUT2D eigenvalue weighted by molar-refractivity contribution is 14.1. The molecule has 1 spiro atoms. The lowest BCUT2D eigenvalue weighted by atomic mass is 9.54. The largest absolute Gasteiger partial charge is 0.414 e. The van der Waals surface area contributed by atoms with Crippen LogP contribution in [0.25, 0.3) is 0 Å². The van der Waals surface area contributed by atoms with E-state index in [0.717, 1.165) is 54.9 Å². The lowest BCUT2D eigenvalue weighted by Gasteiger charge is -2.58. The van der Waals surface area contributed by atoms with Gasteiger partial charge in [0.05, 0.1) is 30.3 Å². The van der Waals surface area contributed by atoms with E-state index in [1.165, 1.54) is 9.15 Å². The molecule has 2 aliphatic carbocycles. The van der Waals surface area contributed by atoms with Gasteiger partial charge in [-0.1, -0.05) is 101 Å². The Labute approximate surface area is 292 Å². The molecule has 1 saturated heterocycles. The molecule has 2 aromatic carbocycles. The van der Waals surface area contributed by atoms with E-state index < -0.39 is 25.6 Å². The Morgan fingerprint density at radius 1 is 0.957 bits per heavy atom. The summed E-state index contributed by atoms with van der Waals surface area (Å²) >= 11 is 2.55. The zero-order chi connectivity index (χ0) is 33.3. The number of hydrogen-bond acceptors (Lipinski definition) is 5. The topological polar surface area (TPSA) is 54.0 Å². The molecule has 5 nitrogen and oxygen atoms in total. The maximum atomic E-state index is 14.3. The monoisotopic (exact) mass is 758 g/mol. The minimum atomic E-state index is -2.05. The first-order valence-corrected chi connectivity index (χ1v) is 21.1. The third kappa shape index (κ3) is 6.26. The van der Waals surface area contributed by atoms with Gasteiger partial charge in [0.1, 0.15) is 11.4 Å². The molecule has 7 heteroatoms. The summed E-state index contributed by atoms with van der Waals surface area (Å²) in [7, 11) is -2.05. The van der Waals surface area contributed by atoms with Crippen molar-refractivity contribution in [1.29, 1.82) is 0 Å². The predicted molar refractivity (Wildman–Crippen MR) is 196 cm³/mol. The maximum absolute atomic E-state index is 14.3. The van der Waals surface area contributed by atoms with Crippen molar-refractivity contribution < 1.29 is 23.4 Å². The van der Waals surface area contributed by atoms with Gasteiger partial charge in [0.15, 0.2) is 14.6 Å². The first-order valence-electron chi connectivity index (χ1n) is 17.5. The highest BCUT2D eigenvalue weighted by Crippen LogP contribution is 2.63. The summed E-state index contributed by atoms with van der Waals surface area (Å²) in [6.07, 6.45) is 2.08. The van der Waals surface area contributed by atoms with Crippen LogP contribution in [0.2, 0.25) is 18.1 Å². The van der Waals surface area contributed by atoms with E-state index in [2.05, 4.69) is 95.3 Å². The average Bonchev–Trinajstić information content (AvgIpc) is 3.46. The van der Waals surface area contributed by atoms with E-state index in [1.807, 2.05) is 36.4 Å². The number of allylic oxidation sites excluding steroid dienone is 1. The molecule has 1 heterocycles. The Hall–Kier alpha value is -1.36. The van der Waals surface area contributed by atoms with Crippen molar-refractivity contribution in [1.82, 2.24) is 0 Å². The number of carbonyl (C=O) groups is 1. The number of halogens is 1. The molecule has 3 aliphatic rings. The molecule has 0 unspecified atom stereocenters. The minimum Gasteiger partial charge on any atom is -0.414 e. The van der Waals surface area contributed by atoms with Crippen molar-refractivity contribution in [2.45, 2.75) is 136 Å². The van der Waals surface area contributed by atoms with Gasteiger partial charge in [0.2, 0.25) is 0 Å². The summed E-state index contributed by atoms with van der Waals surface area (Å²) in [5, 5.41) is 0. The van der Waals surface area contributed by atoms with Gasteiger partial charge in [-0.25, -0.2) is 0 Å². The summed E-state index contributed by atoms with van der Waals surface area (Å²) in [6, 6.07) is 23.8. The molecule has 0 N–H and O–H groups in total. The fourth-order valence-corrected chi connectivity index (χ4v) is 12.4. The molecule has 1 aliphatic heterocycles. The zero-order valence-corrected chi connectivity index (χ0v) is 32.4. The van der Waals surface area contributed by atoms with E-state index in [9.17, 15) is 4.79 Å². The van der Waals surface area contributed by atoms with Gasteiger partial charge >= 0.3 is 0 Å². The number of benzene rings is 2. The molecule has 2 aromatic rings. The fraction of sp³-hybridized carbons (Fsp3) is 0.615. The highest BCUT2D eigenvalue weighted by atomic mass is 127. The summed E-state index contributed by atoms with van der Waals surface area (Å²) in [4.78, 5) is 14.3. The highest BCUT2D eigenvalue weighted by Gasteiger charge is 2.68. The Balaban J connectivity index is 1.67. The number of carbonyl (C=O) groups excluding carboxylic acids is 1. The van der Waals surface area contributed by atoms with E-state index >= 15 is 0 Å². The second-order valence-electron chi connectivity index (χ2n) is 14.7. The molecule has 1 saturated carbocycles. The van der Waals surface area contributed by atoms with Crippen LogP contribution in [0.3, 0.4) is 0 Å². The van der Waals surface area contributed by atoms with Crippen LogP contribution in [0, 0.1) is 16.7 Å². The number of Topliss-reactive ketones (excluding diaryl/α,β-unsaturated/α-hetero) is 1. The Bertz CT molecular complexity index is 1370. The van der Waals surface area contributed by atoms with Gasteiger partial charge in [0.25, 0.3) is 0 Å². The van der Waals surface area contributed by atoms with E-state index in [4.69, 9.17) is 18.6 Å². The van der Waals surface area contributed by atoms with Gasteiger partial charge in [-0.3, -0.25) is 4.79 Å². The van der Waals surface area contributed by atoms with Crippen LogP contribution in [0.4, 0.5) is 0 Å². The van der Waals surface area contributed by atoms with Crippen LogP contribution >= 0.6 is 22.6 Å². The van der Waals surface area contributed by atoms with Crippen LogP contribution < -0.4 is 0 Å². The molecule has 0 amide bonds. The average molecular weight is 759 g/mol. The van der Waals surface area contributed by atoms with Crippen molar-refractivity contribution in [3.8, 4) is 0 Å². The standard InChI is InChI=1S/C39H55IO5Si/c1-9-46(10-2,11-3)45-31-22-23-32(42-26-29-18-14-12-15-19-29)38(8,28(5)41)33(31)35-39(25-24-27(4)34(40)37(39,6)7)44-36(43-35)30-20-16-13-17-21-30/h12-21,31-33,35-36H,9-11,22-26H2,1-8H3/t31-,32+,33+,35+,36-,38-,39-/m1/s1. The van der Waals surface area contributed by atoms with Crippen LogP contribution in [0.15, 0.2) is 69.8 Å². The van der Waals surface area contributed by atoms with Gasteiger partial charge in [-0.2, -0.15) is 0 Å². The predicted octanol–water partition coefficient (Wildman–Crippen LogP) is 10.3. The van der Waals surface area contributed by atoms with Crippen LogP contribution in [-0.4, -0.2) is 38.0 Å². The van der Waals surface area contributed by atoms with Crippen LogP contribution in [-0.2, 0) is 30.0 Å². The smallest absolute Gasteiger partial charge is 0.192 e. The quantitative estimate of drug-likeness (QED) is 0.169. The minimum absolute atomic E-state index is 0.127. The Morgan fingerprint density at radius 3 is 2.15 bits per heavy atom. The lowest BCUT2D eigenvalue weighted by Crippen LogP contribution is -2.66. The van der Waals surface area contributed by atoms with Crippen LogP contribution in [0.5, 0.6) is 0 Å². The lowest BCUT2D eigenvalue weighted by molar-refractivity contribution is -0.190. The van der Waals surface area contributed by atoms with E-state index in [0.29, 0.717) is 6.61 Å². The molecule has 5 rings (SSSR count). The molecule has 0 bridgehead atoms. The van der Waals surface area contributed by atoms with Gasteiger partial charge in [-0.05, 0) is 96.3 Å². The first kappa shape index (κ1) is 35.9. The summed E-state index contributed by atoms with van der Waals surface area (Å²) in [5.74, 6) is -0.107. The first-order chi connectivity index (χ1) is 21.9. The maximum Gasteiger partial charge on any atom is 0.192 e. The normalized spacial score (nSPS) is 33.0. The van der Waals surface area contributed by atoms with Crippen molar-refractivity contribution in [2.75, 3.05) is 0 Å². The second-order valence-corrected chi connectivity index (χ2v) is 20.5. The third-order valence-corrected chi connectivity index (χ3v) is 19.1. The fourth-order valence-electron chi connectivity index (χ4n) is 8.73. The van der Waals surface area contributed by atoms with E-state index in [1.54, 1.807) is 6.92 Å². The van der Waals surface area contributed by atoms with Crippen molar-refractivity contribution in [3.63, 3.8) is 0 Å². The van der Waals surface area contributed by atoms with Crippen molar-refractivity contribution in [3.05, 3.63) is 80.9 Å². The second kappa shape index (κ2) is 14.2. The van der Waals surface area contributed by atoms with Gasteiger partial charge in [0, 0.05) is 16.9 Å². The third-order valence-electron chi connectivity index (χ3n) is 12.2. The van der Waals surface area contributed by atoms with Gasteiger partial charge in [-0.15, -0.1) is 0 Å². The molecule has 46 heavy (non-hydrogen) atoms. The molecular weight excluding hydrogens is 703 g/mol. The zero-order valence-electron chi connectivity index (χ0n) is 29.2. The van der Waals surface area contributed by atoms with Crippen LogP contribution in [0.1, 0.15) is 98.5 Å². The van der Waals surface area contributed by atoms with Crippen molar-refractivity contribution in [2.24, 2.45) is 16.7 Å². The Kier molecular flexibility index (Phi) is 11.1. The van der Waals surface area contributed by atoms with Gasteiger partial charge < -0.3 is 18.6 Å². The summed E-state index contributed by atoms with van der Waals surface area (Å²) in [6.45, 7) is 18.1. The van der Waals surface area contributed by atoms with Crippen molar-refractivity contribution >= 4 is 36.7 Å². The summed E-state index contributed by atoms with van der Waals surface area (Å²) in [5.41, 5.74) is 1.71. The molecular formula is C39H55IO5Si. The number of ether oxygens (including phenoxy) is 3. The molecule has 7 atom stereocenters. The molecule has 252 valence electrons. The molecule has 0 aromatic heterocycles. The summed E-state index contributed by atoms with van der Waals surface area (Å²) < 4.78 is 30.2. The molecule has 0 radical (unpaired) electrons. The Morgan fingerprint density at radius 2 is 1.57 bits per heavy atom.